The van der Waals surface area contributed by atoms with E-state index in [1.54, 1.807) is 24.3 Å². The van der Waals surface area contributed by atoms with Crippen LogP contribution in [0.5, 0.6) is 5.75 Å². The van der Waals surface area contributed by atoms with Crippen molar-refractivity contribution in [1.82, 2.24) is 15.0 Å². The zero-order chi connectivity index (χ0) is 21.8. The van der Waals surface area contributed by atoms with Gasteiger partial charge >= 0.3 is 0 Å². The summed E-state index contributed by atoms with van der Waals surface area (Å²) >= 11 is 0. The van der Waals surface area contributed by atoms with Crippen LogP contribution in [0.3, 0.4) is 0 Å². The minimum absolute atomic E-state index is 0.0693. The third kappa shape index (κ3) is 4.58. The Morgan fingerprint density at radius 1 is 0.968 bits per heavy atom. The Morgan fingerprint density at radius 3 is 2.45 bits per heavy atom. The molecule has 0 radical (unpaired) electrons. The molecule has 0 saturated heterocycles. The lowest BCUT2D eigenvalue weighted by Crippen LogP contribution is -2.44. The maximum Gasteiger partial charge on any atom is 0.231 e. The van der Waals surface area contributed by atoms with Crippen LogP contribution in [0.4, 0.5) is 11.9 Å². The summed E-state index contributed by atoms with van der Waals surface area (Å²) in [7, 11) is 0. The molecule has 5 N–H and O–H groups in total. The number of aliphatic hydroxyl groups is 3. The maximum absolute atomic E-state index is 10.0. The van der Waals surface area contributed by atoms with Crippen LogP contribution in [-0.4, -0.2) is 67.3 Å². The average Bonchev–Trinajstić information content (AvgIpc) is 2.81. The number of aromatic hydroxyl groups is 1. The van der Waals surface area contributed by atoms with E-state index in [4.69, 9.17) is 0 Å². The Morgan fingerprint density at radius 2 is 1.74 bits per heavy atom. The third-order valence-electron chi connectivity index (χ3n) is 5.32. The highest BCUT2D eigenvalue weighted by Crippen LogP contribution is 2.29. The van der Waals surface area contributed by atoms with Gasteiger partial charge in [-0.15, -0.1) is 0 Å². The van der Waals surface area contributed by atoms with E-state index >= 15 is 0 Å². The highest BCUT2D eigenvalue weighted by molar-refractivity contribution is 5.60. The number of aliphatic hydroxyl groups excluding tert-OH is 3. The number of hydrogen-bond acceptors (Lipinski definition) is 9. The predicted octanol–water partition coefficient (Wildman–Crippen LogP) is 0.933. The predicted molar refractivity (Wildman–Crippen MR) is 116 cm³/mol. The maximum atomic E-state index is 10.0. The molecule has 0 fully saturated rings. The molecule has 1 aliphatic rings. The second-order valence-electron chi connectivity index (χ2n) is 7.48. The van der Waals surface area contributed by atoms with E-state index in [0.29, 0.717) is 30.3 Å². The van der Waals surface area contributed by atoms with Crippen LogP contribution in [0, 0.1) is 0 Å². The second-order valence-corrected chi connectivity index (χ2v) is 7.48. The van der Waals surface area contributed by atoms with Crippen LogP contribution < -0.4 is 10.2 Å². The molecule has 0 aliphatic carbocycles. The van der Waals surface area contributed by atoms with Gasteiger partial charge in [0.2, 0.25) is 11.9 Å². The van der Waals surface area contributed by atoms with Gasteiger partial charge in [0.05, 0.1) is 31.9 Å². The molecule has 0 amide bonds. The number of hydrogen-bond donors (Lipinski definition) is 5. The molecule has 0 bridgehead atoms. The fourth-order valence-electron chi connectivity index (χ4n) is 3.65. The Hall–Kier alpha value is -3.27. The van der Waals surface area contributed by atoms with Crippen molar-refractivity contribution in [2.24, 2.45) is 0 Å². The fraction of sp³-hybridized carbons (Fsp3) is 0.318. The van der Waals surface area contributed by atoms with Crippen molar-refractivity contribution in [1.29, 1.82) is 0 Å². The molecular weight excluding hydrogens is 398 g/mol. The standard InChI is InChI=1S/C22H25N5O4/c28-11-17(12-29)23-21-24-20(15-6-3-7-19(31)9-15)25-22(26-21)27-10-16-5-2-1-4-14(16)8-18(27)13-30/h1-7,9,17-18,28-31H,8,10-13H2,(H,23,24,25,26)/t18-/m1/s1. The van der Waals surface area contributed by atoms with Gasteiger partial charge in [-0.2, -0.15) is 15.0 Å². The molecule has 0 spiro atoms. The number of aromatic nitrogens is 3. The van der Waals surface area contributed by atoms with Gasteiger partial charge in [0.1, 0.15) is 5.75 Å². The van der Waals surface area contributed by atoms with Gasteiger partial charge < -0.3 is 30.6 Å². The van der Waals surface area contributed by atoms with Crippen molar-refractivity contribution >= 4 is 11.9 Å². The van der Waals surface area contributed by atoms with Gasteiger partial charge in [0.15, 0.2) is 5.82 Å². The summed E-state index contributed by atoms with van der Waals surface area (Å²) in [6.45, 7) is -0.140. The summed E-state index contributed by atoms with van der Waals surface area (Å²) in [5.41, 5.74) is 2.90. The van der Waals surface area contributed by atoms with Gasteiger partial charge in [-0.1, -0.05) is 36.4 Å². The zero-order valence-corrected chi connectivity index (χ0v) is 16.9. The Labute approximate surface area is 179 Å². The van der Waals surface area contributed by atoms with Crippen molar-refractivity contribution in [3.8, 4) is 17.1 Å². The molecule has 162 valence electrons. The van der Waals surface area contributed by atoms with Crippen LogP contribution >= 0.6 is 0 Å². The first-order valence-corrected chi connectivity index (χ1v) is 10.1. The molecule has 4 rings (SSSR count). The lowest BCUT2D eigenvalue weighted by atomic mass is 9.94. The van der Waals surface area contributed by atoms with Crippen LogP contribution in [0.2, 0.25) is 0 Å². The first-order valence-electron chi connectivity index (χ1n) is 10.1. The molecule has 2 heterocycles. The molecule has 1 atom stereocenters. The van der Waals surface area contributed by atoms with E-state index in [0.717, 1.165) is 5.56 Å². The molecule has 9 heteroatoms. The molecule has 1 aliphatic heterocycles. The summed E-state index contributed by atoms with van der Waals surface area (Å²) in [6, 6.07) is 13.8. The normalized spacial score (nSPS) is 15.7. The van der Waals surface area contributed by atoms with E-state index < -0.39 is 6.04 Å². The van der Waals surface area contributed by atoms with Crippen molar-refractivity contribution in [3.05, 3.63) is 59.7 Å². The Balaban J connectivity index is 1.77. The zero-order valence-electron chi connectivity index (χ0n) is 16.9. The van der Waals surface area contributed by atoms with Crippen molar-refractivity contribution in [3.63, 3.8) is 0 Å². The highest BCUT2D eigenvalue weighted by Gasteiger charge is 2.28. The Bertz CT molecular complexity index is 1040. The van der Waals surface area contributed by atoms with Crippen LogP contribution in [0.15, 0.2) is 48.5 Å². The number of nitrogens with zero attached hydrogens (tertiary/aromatic N) is 4. The molecule has 1 aromatic heterocycles. The van der Waals surface area contributed by atoms with E-state index in [1.807, 2.05) is 23.1 Å². The quantitative estimate of drug-likeness (QED) is 0.376. The summed E-state index contributed by atoms with van der Waals surface area (Å²) in [6.07, 6.45) is 0.651. The number of anilines is 2. The van der Waals surface area contributed by atoms with Crippen molar-refractivity contribution in [2.45, 2.75) is 25.0 Å². The monoisotopic (exact) mass is 423 g/mol. The van der Waals surface area contributed by atoms with E-state index in [-0.39, 0.29) is 37.6 Å². The largest absolute Gasteiger partial charge is 0.508 e. The van der Waals surface area contributed by atoms with Crippen LogP contribution in [0.25, 0.3) is 11.4 Å². The molecule has 0 unspecified atom stereocenters. The topological polar surface area (TPSA) is 135 Å². The minimum Gasteiger partial charge on any atom is -0.508 e. The van der Waals surface area contributed by atoms with Gasteiger partial charge in [-0.05, 0) is 29.7 Å². The van der Waals surface area contributed by atoms with Gasteiger partial charge in [-0.3, -0.25) is 0 Å². The number of rotatable bonds is 7. The lowest BCUT2D eigenvalue weighted by molar-refractivity contribution is 0.203. The third-order valence-corrected chi connectivity index (χ3v) is 5.32. The summed E-state index contributed by atoms with van der Waals surface area (Å²) < 4.78 is 0. The van der Waals surface area contributed by atoms with E-state index in [9.17, 15) is 20.4 Å². The van der Waals surface area contributed by atoms with Gasteiger partial charge in [0.25, 0.3) is 0 Å². The molecular formula is C22H25N5O4. The minimum atomic E-state index is -0.636. The summed E-state index contributed by atoms with van der Waals surface area (Å²) in [5.74, 6) is 0.956. The average molecular weight is 423 g/mol. The molecule has 0 saturated carbocycles. The van der Waals surface area contributed by atoms with Crippen molar-refractivity contribution in [2.75, 3.05) is 30.0 Å². The fourth-order valence-corrected chi connectivity index (χ4v) is 3.65. The number of benzene rings is 2. The first kappa shape index (κ1) is 21.0. The smallest absolute Gasteiger partial charge is 0.231 e. The summed E-state index contributed by atoms with van der Waals surface area (Å²) in [5, 5.41) is 41.7. The van der Waals surface area contributed by atoms with E-state index in [1.165, 1.54) is 5.56 Å². The molecule has 3 aromatic rings. The molecule has 9 nitrogen and oxygen atoms in total. The molecule has 31 heavy (non-hydrogen) atoms. The second kappa shape index (κ2) is 9.25. The highest BCUT2D eigenvalue weighted by atomic mass is 16.3. The Kier molecular flexibility index (Phi) is 6.26. The number of nitrogens with one attached hydrogen (secondary N) is 1. The van der Waals surface area contributed by atoms with Gasteiger partial charge in [0, 0.05) is 12.1 Å². The van der Waals surface area contributed by atoms with Gasteiger partial charge in [-0.25, -0.2) is 0 Å². The number of phenols is 1. The van der Waals surface area contributed by atoms with Crippen molar-refractivity contribution < 1.29 is 20.4 Å². The lowest BCUT2D eigenvalue weighted by Gasteiger charge is -2.36. The first-order chi connectivity index (χ1) is 15.1. The number of phenolic OH excluding ortho intramolecular Hbond substituents is 1. The van der Waals surface area contributed by atoms with E-state index in [2.05, 4.69) is 26.3 Å². The molecule has 2 aromatic carbocycles. The summed E-state index contributed by atoms with van der Waals surface area (Å²) in [4.78, 5) is 15.5. The SMILES string of the molecule is OCC(CO)Nc1nc(-c2cccc(O)c2)nc(N2Cc3ccccc3C[C@@H]2CO)n1. The number of fused-ring (bicyclic) bond motifs is 1. The van der Waals surface area contributed by atoms with Crippen LogP contribution in [-0.2, 0) is 13.0 Å². The van der Waals surface area contributed by atoms with Crippen LogP contribution in [0.1, 0.15) is 11.1 Å².